The highest BCUT2D eigenvalue weighted by Gasteiger charge is 2.55. The largest absolute Gasteiger partial charge is 0.328 e. The normalized spacial score (nSPS) is 36.0. The van der Waals surface area contributed by atoms with Gasteiger partial charge in [-0.2, -0.15) is 0 Å². The van der Waals surface area contributed by atoms with Crippen molar-refractivity contribution in [3.8, 4) is 0 Å². The number of nitrogens with two attached hydrogens (primary N) is 2. The standard InChI is InChI=1S/C25H51N3/c1-17(2)24-25(6,7)28(24)14-8-9-22(27)15-19(4)23-13-12-21(16-20(5)26)11-10-18(23)3/h17-24H,8-16,26-27H2,1-7H3. The summed E-state index contributed by atoms with van der Waals surface area (Å²) in [5, 5.41) is 0. The van der Waals surface area contributed by atoms with Gasteiger partial charge in [-0.15, -0.1) is 0 Å². The van der Waals surface area contributed by atoms with Crippen LogP contribution in [-0.4, -0.2) is 35.1 Å². The van der Waals surface area contributed by atoms with E-state index in [1.165, 1.54) is 57.9 Å². The lowest BCUT2D eigenvalue weighted by atomic mass is 9.77. The van der Waals surface area contributed by atoms with Crippen molar-refractivity contribution in [2.24, 2.45) is 41.1 Å². The van der Waals surface area contributed by atoms with Gasteiger partial charge in [-0.3, -0.25) is 4.90 Å². The highest BCUT2D eigenvalue weighted by molar-refractivity contribution is 5.12. The minimum atomic E-state index is 0.352. The van der Waals surface area contributed by atoms with E-state index in [0.29, 0.717) is 17.6 Å². The molecular formula is C25H51N3. The molecule has 2 aliphatic rings. The van der Waals surface area contributed by atoms with Crippen molar-refractivity contribution >= 4 is 0 Å². The Morgan fingerprint density at radius 2 is 1.64 bits per heavy atom. The van der Waals surface area contributed by atoms with Crippen LogP contribution in [0.25, 0.3) is 0 Å². The molecule has 4 N–H and O–H groups in total. The molecule has 0 aromatic rings. The van der Waals surface area contributed by atoms with Crippen LogP contribution >= 0.6 is 0 Å². The zero-order valence-corrected chi connectivity index (χ0v) is 20.1. The van der Waals surface area contributed by atoms with E-state index in [4.69, 9.17) is 11.5 Å². The molecular weight excluding hydrogens is 342 g/mol. The predicted molar refractivity (Wildman–Crippen MR) is 123 cm³/mol. The molecule has 8 atom stereocenters. The minimum Gasteiger partial charge on any atom is -0.328 e. The molecule has 3 nitrogen and oxygen atoms in total. The Labute approximate surface area is 176 Å². The summed E-state index contributed by atoms with van der Waals surface area (Å²) in [6.07, 6.45) is 10.3. The molecule has 1 aliphatic heterocycles. The fraction of sp³-hybridized carbons (Fsp3) is 1.00. The number of hydrogen-bond donors (Lipinski definition) is 2. The quantitative estimate of drug-likeness (QED) is 0.385. The lowest BCUT2D eigenvalue weighted by Crippen LogP contribution is -2.29. The van der Waals surface area contributed by atoms with Crippen LogP contribution in [0, 0.1) is 29.6 Å². The zero-order valence-electron chi connectivity index (χ0n) is 20.1. The van der Waals surface area contributed by atoms with Gasteiger partial charge < -0.3 is 11.5 Å². The van der Waals surface area contributed by atoms with E-state index in [-0.39, 0.29) is 0 Å². The van der Waals surface area contributed by atoms with Crippen LogP contribution in [0.4, 0.5) is 0 Å². The first-order valence-corrected chi connectivity index (χ1v) is 12.3. The Morgan fingerprint density at radius 3 is 2.21 bits per heavy atom. The van der Waals surface area contributed by atoms with E-state index >= 15 is 0 Å². The molecule has 1 saturated carbocycles. The van der Waals surface area contributed by atoms with Crippen molar-refractivity contribution in [1.82, 2.24) is 4.90 Å². The molecule has 0 radical (unpaired) electrons. The summed E-state index contributed by atoms with van der Waals surface area (Å²) in [5.41, 5.74) is 13.1. The third kappa shape index (κ3) is 6.44. The van der Waals surface area contributed by atoms with Crippen LogP contribution in [0.15, 0.2) is 0 Å². The Balaban J connectivity index is 1.72. The summed E-state index contributed by atoms with van der Waals surface area (Å²) in [6.45, 7) is 17.8. The van der Waals surface area contributed by atoms with Crippen LogP contribution in [0.1, 0.15) is 99.8 Å². The minimum absolute atomic E-state index is 0.352. The molecule has 1 saturated heterocycles. The lowest BCUT2D eigenvalue weighted by molar-refractivity contribution is 0.216. The smallest absolute Gasteiger partial charge is 0.0315 e. The zero-order chi connectivity index (χ0) is 21.1. The van der Waals surface area contributed by atoms with E-state index in [9.17, 15) is 0 Å². The van der Waals surface area contributed by atoms with Gasteiger partial charge in [0, 0.05) is 23.7 Å². The van der Waals surface area contributed by atoms with Crippen LogP contribution in [0.5, 0.6) is 0 Å². The topological polar surface area (TPSA) is 55.0 Å². The van der Waals surface area contributed by atoms with Crippen molar-refractivity contribution in [2.75, 3.05) is 6.54 Å². The van der Waals surface area contributed by atoms with E-state index in [0.717, 1.165) is 35.6 Å². The SMILES string of the molecule is CC(N)CC1CCC(C)C(C(C)CC(N)CCCN2C(C(C)C)C2(C)C)CC1. The first kappa shape index (κ1) is 24.2. The maximum Gasteiger partial charge on any atom is 0.0315 e. The van der Waals surface area contributed by atoms with E-state index in [2.05, 4.69) is 53.4 Å². The van der Waals surface area contributed by atoms with Gasteiger partial charge in [0.15, 0.2) is 0 Å². The highest BCUT2D eigenvalue weighted by Crippen LogP contribution is 2.45. The molecule has 0 amide bonds. The third-order valence-electron chi connectivity index (χ3n) is 8.12. The lowest BCUT2D eigenvalue weighted by Gasteiger charge is -2.30. The van der Waals surface area contributed by atoms with Gasteiger partial charge in [-0.1, -0.05) is 47.0 Å². The summed E-state index contributed by atoms with van der Waals surface area (Å²) >= 11 is 0. The Bertz CT molecular complexity index is 459. The molecule has 3 heteroatoms. The molecule has 1 aliphatic carbocycles. The Hall–Kier alpha value is -0.120. The van der Waals surface area contributed by atoms with Crippen LogP contribution in [0.2, 0.25) is 0 Å². The number of nitrogens with zero attached hydrogens (tertiary/aromatic N) is 1. The predicted octanol–water partition coefficient (Wildman–Crippen LogP) is 5.42. The van der Waals surface area contributed by atoms with E-state index < -0.39 is 0 Å². The van der Waals surface area contributed by atoms with Crippen LogP contribution in [-0.2, 0) is 0 Å². The second-order valence-corrected chi connectivity index (χ2v) is 11.5. The molecule has 0 aromatic carbocycles. The van der Waals surface area contributed by atoms with Crippen molar-refractivity contribution in [3.05, 3.63) is 0 Å². The summed E-state index contributed by atoms with van der Waals surface area (Å²) < 4.78 is 0. The second-order valence-electron chi connectivity index (χ2n) is 11.5. The van der Waals surface area contributed by atoms with E-state index in [1.54, 1.807) is 0 Å². The molecule has 0 spiro atoms. The molecule has 28 heavy (non-hydrogen) atoms. The molecule has 1 heterocycles. The van der Waals surface area contributed by atoms with Gasteiger partial charge in [0.2, 0.25) is 0 Å². The monoisotopic (exact) mass is 393 g/mol. The summed E-state index contributed by atoms with van der Waals surface area (Å²) in [7, 11) is 0. The molecule has 0 aromatic heterocycles. The Morgan fingerprint density at radius 1 is 1.00 bits per heavy atom. The van der Waals surface area contributed by atoms with Crippen LogP contribution < -0.4 is 11.5 Å². The average Bonchev–Trinajstić information content (AvgIpc) is 3.17. The van der Waals surface area contributed by atoms with Crippen LogP contribution in [0.3, 0.4) is 0 Å². The molecule has 2 rings (SSSR count). The van der Waals surface area contributed by atoms with Gasteiger partial charge in [0.25, 0.3) is 0 Å². The van der Waals surface area contributed by atoms with Gasteiger partial charge in [0.1, 0.15) is 0 Å². The fourth-order valence-electron chi connectivity index (χ4n) is 6.67. The first-order chi connectivity index (χ1) is 13.0. The van der Waals surface area contributed by atoms with Crippen molar-refractivity contribution in [1.29, 1.82) is 0 Å². The maximum atomic E-state index is 6.59. The second kappa shape index (κ2) is 10.3. The summed E-state index contributed by atoms with van der Waals surface area (Å²) in [6, 6.07) is 1.48. The molecule has 8 unspecified atom stereocenters. The maximum absolute atomic E-state index is 6.59. The van der Waals surface area contributed by atoms with Gasteiger partial charge in [-0.25, -0.2) is 0 Å². The Kier molecular flexibility index (Phi) is 8.85. The highest BCUT2D eigenvalue weighted by atomic mass is 15.4. The van der Waals surface area contributed by atoms with E-state index in [1.807, 2.05) is 0 Å². The van der Waals surface area contributed by atoms with Gasteiger partial charge in [0.05, 0.1) is 0 Å². The number of rotatable bonds is 10. The first-order valence-electron chi connectivity index (χ1n) is 12.3. The average molecular weight is 394 g/mol. The molecule has 0 bridgehead atoms. The number of hydrogen-bond acceptors (Lipinski definition) is 3. The molecule has 166 valence electrons. The third-order valence-corrected chi connectivity index (χ3v) is 8.12. The van der Waals surface area contributed by atoms with Crippen molar-refractivity contribution in [3.63, 3.8) is 0 Å². The fourth-order valence-corrected chi connectivity index (χ4v) is 6.67. The summed E-state index contributed by atoms with van der Waals surface area (Å²) in [4.78, 5) is 2.68. The van der Waals surface area contributed by atoms with Gasteiger partial charge >= 0.3 is 0 Å². The van der Waals surface area contributed by atoms with Crippen molar-refractivity contribution in [2.45, 2.75) is 123 Å². The van der Waals surface area contributed by atoms with Crippen molar-refractivity contribution < 1.29 is 0 Å². The molecule has 2 fully saturated rings. The summed E-state index contributed by atoms with van der Waals surface area (Å²) in [5.74, 6) is 4.04. The van der Waals surface area contributed by atoms with Gasteiger partial charge in [-0.05, 0) is 89.0 Å².